The fraction of sp³-hybridized carbons (Fsp3) is 0.286. The third-order valence-corrected chi connectivity index (χ3v) is 2.88. The van der Waals surface area contributed by atoms with Crippen LogP contribution < -0.4 is 14.8 Å². The Morgan fingerprint density at radius 3 is 2.25 bits per heavy atom. The van der Waals surface area contributed by atoms with E-state index in [1.54, 1.807) is 18.2 Å². The third kappa shape index (κ3) is 3.50. The lowest BCUT2D eigenvalue weighted by Gasteiger charge is -2.12. The Balaban J connectivity index is 3.06. The van der Waals surface area contributed by atoms with Crippen molar-refractivity contribution < 1.29 is 24.2 Å². The van der Waals surface area contributed by atoms with Crippen molar-refractivity contribution in [3.05, 3.63) is 29.3 Å². The van der Waals surface area contributed by atoms with Gasteiger partial charge in [-0.25, -0.2) is 4.79 Å². The van der Waals surface area contributed by atoms with Crippen molar-refractivity contribution in [1.29, 1.82) is 0 Å². The quantitative estimate of drug-likeness (QED) is 0.806. The average molecular weight is 279 g/mol. The highest BCUT2D eigenvalue weighted by Crippen LogP contribution is 2.29. The second kappa shape index (κ2) is 6.60. The number of carbonyl (C=O) groups excluding carboxylic acids is 1. The van der Waals surface area contributed by atoms with E-state index < -0.39 is 11.9 Å². The number of benzene rings is 1. The molecule has 6 heteroatoms. The van der Waals surface area contributed by atoms with Crippen LogP contribution >= 0.6 is 0 Å². The summed E-state index contributed by atoms with van der Waals surface area (Å²) in [6.07, 6.45) is 0. The first kappa shape index (κ1) is 15.6. The van der Waals surface area contributed by atoms with Gasteiger partial charge in [-0.05, 0) is 26.0 Å². The van der Waals surface area contributed by atoms with E-state index in [2.05, 4.69) is 5.32 Å². The largest absolute Gasteiger partial charge is 0.497 e. The van der Waals surface area contributed by atoms with Gasteiger partial charge in [0.25, 0.3) is 5.91 Å². The second-order valence-corrected chi connectivity index (χ2v) is 4.08. The Morgan fingerprint density at radius 1 is 1.10 bits per heavy atom. The summed E-state index contributed by atoms with van der Waals surface area (Å²) in [5.41, 5.74) is 0.529. The van der Waals surface area contributed by atoms with E-state index in [4.69, 9.17) is 14.6 Å². The minimum absolute atomic E-state index is 0.00985. The van der Waals surface area contributed by atoms with Crippen LogP contribution in [0, 0.1) is 0 Å². The molecule has 0 heterocycles. The number of carboxylic acids is 1. The summed E-state index contributed by atoms with van der Waals surface area (Å²) < 4.78 is 10.2. The fourth-order valence-electron chi connectivity index (χ4n) is 1.46. The van der Waals surface area contributed by atoms with Crippen molar-refractivity contribution in [1.82, 2.24) is 0 Å². The first-order valence-electron chi connectivity index (χ1n) is 5.84. The molecule has 0 radical (unpaired) electrons. The van der Waals surface area contributed by atoms with Gasteiger partial charge in [0.2, 0.25) is 0 Å². The number of aliphatic carboxylic acids is 1. The van der Waals surface area contributed by atoms with Crippen molar-refractivity contribution >= 4 is 17.6 Å². The van der Waals surface area contributed by atoms with Crippen LogP contribution in [-0.2, 0) is 9.59 Å². The molecular formula is C14H17NO5. The molecule has 0 saturated heterocycles. The zero-order valence-corrected chi connectivity index (χ0v) is 11.8. The van der Waals surface area contributed by atoms with Gasteiger partial charge in [0, 0.05) is 17.2 Å². The Bertz CT molecular complexity index is 563. The van der Waals surface area contributed by atoms with Crippen LogP contribution in [0.5, 0.6) is 11.5 Å². The summed E-state index contributed by atoms with van der Waals surface area (Å²) in [6.45, 7) is 2.82. The van der Waals surface area contributed by atoms with E-state index >= 15 is 0 Å². The Morgan fingerprint density at radius 2 is 1.75 bits per heavy atom. The number of rotatable bonds is 5. The lowest BCUT2D eigenvalue weighted by atomic mass is 10.1. The van der Waals surface area contributed by atoms with Crippen LogP contribution in [0.1, 0.15) is 13.8 Å². The van der Waals surface area contributed by atoms with Gasteiger partial charge in [-0.15, -0.1) is 0 Å². The molecule has 0 fully saturated rings. The standard InChI is InChI=1S/C14H17NO5/c1-8(9(2)14(17)18)13(16)15-11-7-10(19-3)5-6-12(11)20-4/h5-7H,1-4H3,(H,15,16)(H,17,18). The monoisotopic (exact) mass is 279 g/mol. The zero-order chi connectivity index (χ0) is 15.3. The smallest absolute Gasteiger partial charge is 0.331 e. The minimum atomic E-state index is -1.13. The van der Waals surface area contributed by atoms with Gasteiger partial charge in [0.05, 0.1) is 19.9 Å². The number of hydrogen-bond donors (Lipinski definition) is 2. The minimum Gasteiger partial charge on any atom is -0.497 e. The Kier molecular flexibility index (Phi) is 5.14. The number of carbonyl (C=O) groups is 2. The fourth-order valence-corrected chi connectivity index (χ4v) is 1.46. The summed E-state index contributed by atoms with van der Waals surface area (Å²) in [5.74, 6) is -0.621. The molecule has 2 N–H and O–H groups in total. The van der Waals surface area contributed by atoms with E-state index in [1.165, 1.54) is 28.1 Å². The summed E-state index contributed by atoms with van der Waals surface area (Å²) in [6, 6.07) is 4.94. The molecule has 0 aliphatic rings. The highest BCUT2D eigenvalue weighted by Gasteiger charge is 2.15. The summed E-state index contributed by atoms with van der Waals surface area (Å²) in [5, 5.41) is 11.5. The molecule has 0 saturated carbocycles. The van der Waals surface area contributed by atoms with Crippen LogP contribution in [0.4, 0.5) is 5.69 Å². The molecule has 0 aromatic heterocycles. The van der Waals surface area contributed by atoms with Crippen molar-refractivity contribution in [3.8, 4) is 11.5 Å². The molecule has 0 bridgehead atoms. The number of nitrogens with one attached hydrogen (secondary N) is 1. The van der Waals surface area contributed by atoms with Gasteiger partial charge in [0.1, 0.15) is 11.5 Å². The van der Waals surface area contributed by atoms with Crippen molar-refractivity contribution in [2.75, 3.05) is 19.5 Å². The van der Waals surface area contributed by atoms with Gasteiger partial charge >= 0.3 is 5.97 Å². The molecule has 0 aliphatic heterocycles. The summed E-state index contributed by atoms with van der Waals surface area (Å²) in [7, 11) is 2.98. The topological polar surface area (TPSA) is 84.9 Å². The van der Waals surface area contributed by atoms with Crippen LogP contribution in [0.2, 0.25) is 0 Å². The van der Waals surface area contributed by atoms with Crippen molar-refractivity contribution in [3.63, 3.8) is 0 Å². The molecular weight excluding hydrogens is 262 g/mol. The number of amides is 1. The molecule has 1 aromatic carbocycles. The lowest BCUT2D eigenvalue weighted by Crippen LogP contribution is -2.16. The normalized spacial score (nSPS) is 11.4. The van der Waals surface area contributed by atoms with Crippen molar-refractivity contribution in [2.45, 2.75) is 13.8 Å². The molecule has 0 atom stereocenters. The molecule has 6 nitrogen and oxygen atoms in total. The second-order valence-electron chi connectivity index (χ2n) is 4.08. The molecule has 0 spiro atoms. The zero-order valence-electron chi connectivity index (χ0n) is 11.8. The van der Waals surface area contributed by atoms with Crippen LogP contribution in [0.15, 0.2) is 29.3 Å². The Labute approximate surface area is 117 Å². The van der Waals surface area contributed by atoms with Gasteiger partial charge in [0.15, 0.2) is 0 Å². The highest BCUT2D eigenvalue weighted by molar-refractivity contribution is 6.08. The predicted octanol–water partition coefficient (Wildman–Crippen LogP) is 2.06. The molecule has 1 rings (SSSR count). The van der Waals surface area contributed by atoms with Crippen molar-refractivity contribution in [2.24, 2.45) is 0 Å². The molecule has 0 unspecified atom stereocenters. The number of methoxy groups -OCH3 is 2. The number of hydrogen-bond acceptors (Lipinski definition) is 4. The van der Waals surface area contributed by atoms with Crippen LogP contribution in [-0.4, -0.2) is 31.2 Å². The molecule has 0 aliphatic carbocycles. The predicted molar refractivity (Wildman–Crippen MR) is 74.2 cm³/mol. The number of ether oxygens (including phenoxy) is 2. The van der Waals surface area contributed by atoms with Gasteiger partial charge in [-0.1, -0.05) is 0 Å². The first-order chi connectivity index (χ1) is 9.40. The summed E-state index contributed by atoms with van der Waals surface area (Å²) >= 11 is 0. The highest BCUT2D eigenvalue weighted by atomic mass is 16.5. The lowest BCUT2D eigenvalue weighted by molar-refractivity contribution is -0.133. The maximum atomic E-state index is 12.0. The van der Waals surface area contributed by atoms with E-state index in [1.807, 2.05) is 0 Å². The molecule has 1 amide bonds. The van der Waals surface area contributed by atoms with E-state index in [0.717, 1.165) is 0 Å². The maximum absolute atomic E-state index is 12.0. The number of anilines is 1. The third-order valence-electron chi connectivity index (χ3n) is 2.88. The molecule has 1 aromatic rings. The van der Waals surface area contributed by atoms with E-state index in [-0.39, 0.29) is 11.1 Å². The van der Waals surface area contributed by atoms with Gasteiger partial charge < -0.3 is 19.9 Å². The summed E-state index contributed by atoms with van der Waals surface area (Å²) in [4.78, 5) is 22.8. The van der Waals surface area contributed by atoms with Crippen LogP contribution in [0.3, 0.4) is 0 Å². The van der Waals surface area contributed by atoms with Gasteiger partial charge in [-0.3, -0.25) is 4.79 Å². The number of carboxylic acid groups (broad SMARTS) is 1. The average Bonchev–Trinajstić information content (AvgIpc) is 2.45. The Hall–Kier alpha value is -2.50. The van der Waals surface area contributed by atoms with E-state index in [9.17, 15) is 9.59 Å². The first-order valence-corrected chi connectivity index (χ1v) is 5.84. The molecule has 20 heavy (non-hydrogen) atoms. The van der Waals surface area contributed by atoms with Gasteiger partial charge in [-0.2, -0.15) is 0 Å². The van der Waals surface area contributed by atoms with Crippen LogP contribution in [0.25, 0.3) is 0 Å². The van der Waals surface area contributed by atoms with E-state index in [0.29, 0.717) is 17.2 Å². The maximum Gasteiger partial charge on any atom is 0.331 e. The molecule has 108 valence electrons. The SMILES string of the molecule is COc1ccc(OC)c(NC(=O)C(C)=C(C)C(=O)O)c1.